The van der Waals surface area contributed by atoms with Crippen LogP contribution in [0.5, 0.6) is 0 Å². The van der Waals surface area contributed by atoms with Crippen molar-refractivity contribution in [3.8, 4) is 0 Å². The molecule has 0 aromatic heterocycles. The maximum absolute atomic E-state index is 5.94. The van der Waals surface area contributed by atoms with E-state index in [9.17, 15) is 0 Å². The molecule has 1 saturated carbocycles. The number of rotatable bonds is 5. The SMILES string of the molecule is CC(C)NCC1(CN2CCOC3CCCC32)CCOC1. The molecule has 2 aliphatic heterocycles. The minimum absolute atomic E-state index is 0.314. The Morgan fingerprint density at radius 3 is 2.95 bits per heavy atom. The van der Waals surface area contributed by atoms with Crippen LogP contribution in [0.25, 0.3) is 0 Å². The zero-order chi connectivity index (χ0) is 14.0. The van der Waals surface area contributed by atoms with Gasteiger partial charge in [-0.2, -0.15) is 0 Å². The molecule has 3 unspecified atom stereocenters. The summed E-state index contributed by atoms with van der Waals surface area (Å²) in [5.41, 5.74) is 0.314. The Hall–Kier alpha value is -0.160. The molecule has 3 atom stereocenters. The van der Waals surface area contributed by atoms with Gasteiger partial charge >= 0.3 is 0 Å². The second-order valence-electron chi connectivity index (χ2n) is 7.22. The molecule has 2 heterocycles. The Morgan fingerprint density at radius 1 is 1.30 bits per heavy atom. The van der Waals surface area contributed by atoms with Gasteiger partial charge in [0, 0.05) is 43.7 Å². The van der Waals surface area contributed by atoms with E-state index in [0.717, 1.165) is 32.9 Å². The van der Waals surface area contributed by atoms with Crippen LogP contribution >= 0.6 is 0 Å². The Labute approximate surface area is 123 Å². The van der Waals surface area contributed by atoms with Crippen LogP contribution in [0.15, 0.2) is 0 Å². The van der Waals surface area contributed by atoms with E-state index < -0.39 is 0 Å². The summed E-state index contributed by atoms with van der Waals surface area (Å²) < 4.78 is 11.7. The minimum Gasteiger partial charge on any atom is -0.381 e. The Kier molecular flexibility index (Phi) is 4.65. The third-order valence-corrected chi connectivity index (χ3v) is 5.21. The van der Waals surface area contributed by atoms with E-state index in [1.165, 1.54) is 32.2 Å². The molecule has 0 bridgehead atoms. The fourth-order valence-electron chi connectivity index (χ4n) is 4.02. The van der Waals surface area contributed by atoms with E-state index in [0.29, 0.717) is 23.6 Å². The molecule has 0 aromatic carbocycles. The van der Waals surface area contributed by atoms with Gasteiger partial charge in [0.25, 0.3) is 0 Å². The van der Waals surface area contributed by atoms with Gasteiger partial charge in [0.2, 0.25) is 0 Å². The van der Waals surface area contributed by atoms with Gasteiger partial charge in [-0.1, -0.05) is 13.8 Å². The van der Waals surface area contributed by atoms with E-state index in [2.05, 4.69) is 24.1 Å². The Balaban J connectivity index is 1.63. The predicted octanol–water partition coefficient (Wildman–Crippen LogP) is 1.64. The molecule has 3 rings (SSSR count). The van der Waals surface area contributed by atoms with E-state index in [1.807, 2.05) is 0 Å². The number of ether oxygens (including phenoxy) is 2. The molecule has 1 N–H and O–H groups in total. The lowest BCUT2D eigenvalue weighted by molar-refractivity contribution is -0.0692. The van der Waals surface area contributed by atoms with Crippen LogP contribution in [0.2, 0.25) is 0 Å². The summed E-state index contributed by atoms with van der Waals surface area (Å²) in [6.07, 6.45) is 5.61. The highest BCUT2D eigenvalue weighted by Gasteiger charge is 2.42. The number of nitrogens with one attached hydrogen (secondary N) is 1. The summed E-state index contributed by atoms with van der Waals surface area (Å²) in [4.78, 5) is 2.71. The maximum atomic E-state index is 5.94. The monoisotopic (exact) mass is 282 g/mol. The highest BCUT2D eigenvalue weighted by Crippen LogP contribution is 2.35. The van der Waals surface area contributed by atoms with Crippen LogP contribution in [-0.2, 0) is 9.47 Å². The van der Waals surface area contributed by atoms with Crippen molar-refractivity contribution in [2.75, 3.05) is 39.5 Å². The number of nitrogens with zero attached hydrogens (tertiary/aromatic N) is 1. The van der Waals surface area contributed by atoms with Crippen LogP contribution in [0, 0.1) is 5.41 Å². The Morgan fingerprint density at radius 2 is 2.20 bits per heavy atom. The number of fused-ring (bicyclic) bond motifs is 1. The average Bonchev–Trinajstić information content (AvgIpc) is 3.06. The first kappa shape index (κ1) is 14.8. The standard InChI is InChI=1S/C16H30N2O2/c1-13(2)17-10-16(6-8-19-12-16)11-18-7-9-20-15-5-3-4-14(15)18/h13-15,17H,3-12H2,1-2H3. The Bertz CT molecular complexity index is 316. The molecular weight excluding hydrogens is 252 g/mol. The fourth-order valence-corrected chi connectivity index (χ4v) is 4.02. The summed E-state index contributed by atoms with van der Waals surface area (Å²) in [7, 11) is 0. The van der Waals surface area contributed by atoms with Crippen LogP contribution in [-0.4, -0.2) is 62.5 Å². The van der Waals surface area contributed by atoms with E-state index >= 15 is 0 Å². The van der Waals surface area contributed by atoms with Gasteiger partial charge in [-0.15, -0.1) is 0 Å². The average molecular weight is 282 g/mol. The van der Waals surface area contributed by atoms with Gasteiger partial charge < -0.3 is 14.8 Å². The van der Waals surface area contributed by atoms with Gasteiger partial charge in [-0.3, -0.25) is 4.90 Å². The summed E-state index contributed by atoms with van der Waals surface area (Å²) in [5.74, 6) is 0. The molecule has 0 radical (unpaired) electrons. The third kappa shape index (κ3) is 3.19. The van der Waals surface area contributed by atoms with Crippen molar-refractivity contribution in [1.29, 1.82) is 0 Å². The van der Waals surface area contributed by atoms with Crippen molar-refractivity contribution in [2.24, 2.45) is 5.41 Å². The topological polar surface area (TPSA) is 33.7 Å². The van der Waals surface area contributed by atoms with Crippen LogP contribution in [0.3, 0.4) is 0 Å². The lowest BCUT2D eigenvalue weighted by Gasteiger charge is -2.42. The van der Waals surface area contributed by atoms with Crippen molar-refractivity contribution in [1.82, 2.24) is 10.2 Å². The van der Waals surface area contributed by atoms with Crippen molar-refractivity contribution in [2.45, 2.75) is 57.7 Å². The van der Waals surface area contributed by atoms with Gasteiger partial charge in [0.15, 0.2) is 0 Å². The molecule has 3 aliphatic rings. The molecular formula is C16H30N2O2. The number of hydrogen-bond acceptors (Lipinski definition) is 4. The molecule has 116 valence electrons. The van der Waals surface area contributed by atoms with Gasteiger partial charge in [-0.25, -0.2) is 0 Å². The van der Waals surface area contributed by atoms with Crippen molar-refractivity contribution >= 4 is 0 Å². The highest BCUT2D eigenvalue weighted by molar-refractivity contribution is 4.95. The van der Waals surface area contributed by atoms with E-state index in [4.69, 9.17) is 9.47 Å². The summed E-state index contributed by atoms with van der Waals surface area (Å²) in [6.45, 7) is 10.6. The summed E-state index contributed by atoms with van der Waals surface area (Å²) >= 11 is 0. The second-order valence-corrected chi connectivity index (χ2v) is 7.22. The molecule has 20 heavy (non-hydrogen) atoms. The van der Waals surface area contributed by atoms with Crippen molar-refractivity contribution in [3.63, 3.8) is 0 Å². The second kappa shape index (κ2) is 6.30. The van der Waals surface area contributed by atoms with Gasteiger partial charge in [0.05, 0.1) is 19.3 Å². The molecule has 2 saturated heterocycles. The lowest BCUT2D eigenvalue weighted by Crippen LogP contribution is -2.54. The van der Waals surface area contributed by atoms with Crippen molar-refractivity contribution < 1.29 is 9.47 Å². The molecule has 0 amide bonds. The molecule has 4 heteroatoms. The summed E-state index contributed by atoms with van der Waals surface area (Å²) in [6, 6.07) is 1.22. The quantitative estimate of drug-likeness (QED) is 0.831. The smallest absolute Gasteiger partial charge is 0.0730 e. The minimum atomic E-state index is 0.314. The highest BCUT2D eigenvalue weighted by atomic mass is 16.5. The normalized spacial score (nSPS) is 38.5. The fraction of sp³-hybridized carbons (Fsp3) is 1.00. The van der Waals surface area contributed by atoms with Crippen LogP contribution in [0.1, 0.15) is 39.5 Å². The first-order chi connectivity index (χ1) is 9.69. The molecule has 3 fully saturated rings. The van der Waals surface area contributed by atoms with E-state index in [-0.39, 0.29) is 0 Å². The summed E-state index contributed by atoms with van der Waals surface area (Å²) in [5, 5.41) is 3.64. The molecule has 4 nitrogen and oxygen atoms in total. The largest absolute Gasteiger partial charge is 0.381 e. The molecule has 1 aliphatic carbocycles. The maximum Gasteiger partial charge on any atom is 0.0730 e. The predicted molar refractivity (Wildman–Crippen MR) is 80.0 cm³/mol. The molecule has 0 aromatic rings. The van der Waals surface area contributed by atoms with Gasteiger partial charge in [0.1, 0.15) is 0 Å². The van der Waals surface area contributed by atoms with Crippen LogP contribution in [0.4, 0.5) is 0 Å². The molecule has 0 spiro atoms. The number of morpholine rings is 1. The third-order valence-electron chi connectivity index (χ3n) is 5.21. The zero-order valence-corrected chi connectivity index (χ0v) is 13.1. The van der Waals surface area contributed by atoms with E-state index in [1.54, 1.807) is 0 Å². The first-order valence-electron chi connectivity index (χ1n) is 8.35. The lowest BCUT2D eigenvalue weighted by atomic mass is 9.85. The number of hydrogen-bond donors (Lipinski definition) is 1. The van der Waals surface area contributed by atoms with Crippen LogP contribution < -0.4 is 5.32 Å². The van der Waals surface area contributed by atoms with Gasteiger partial charge in [-0.05, 0) is 25.7 Å². The first-order valence-corrected chi connectivity index (χ1v) is 8.35. The zero-order valence-electron chi connectivity index (χ0n) is 13.1. The van der Waals surface area contributed by atoms with Crippen molar-refractivity contribution in [3.05, 3.63) is 0 Å².